The summed E-state index contributed by atoms with van der Waals surface area (Å²) < 4.78 is 0. The van der Waals surface area contributed by atoms with Crippen molar-refractivity contribution in [1.82, 2.24) is 5.32 Å². The molecule has 5 heteroatoms. The maximum Gasteiger partial charge on any atom is 0.249 e. The molecule has 0 spiro atoms. The molecule has 1 fully saturated rings. The van der Waals surface area contributed by atoms with E-state index in [1.165, 1.54) is 0 Å². The Balaban J connectivity index is 1.59. The van der Waals surface area contributed by atoms with Gasteiger partial charge in [0.05, 0.1) is 0 Å². The van der Waals surface area contributed by atoms with Gasteiger partial charge in [-0.3, -0.25) is 9.59 Å². The number of nitrogens with two attached hydrogens (primary N) is 1. The number of nitrogens with one attached hydrogen (secondary N) is 1. The van der Waals surface area contributed by atoms with Crippen LogP contribution in [0.2, 0.25) is 0 Å². The Morgan fingerprint density at radius 2 is 1.84 bits per heavy atom. The summed E-state index contributed by atoms with van der Waals surface area (Å²) in [5.74, 6) is -0.171. The molecule has 0 bridgehead atoms. The van der Waals surface area contributed by atoms with Gasteiger partial charge >= 0.3 is 0 Å². The standard InChI is InChI=1S/C20H23N3O2/c1-14-13-18(20(25)23(14)16-8-3-2-4-9-16)22-19(24)12-11-15-7-5-6-10-17(15)21/h2-10,14,18H,11-13,21H2,1H3,(H,22,24)/t14-,18-/m1/s1. The molecule has 5 nitrogen and oxygen atoms in total. The van der Waals surface area contributed by atoms with Crippen molar-refractivity contribution >= 4 is 23.2 Å². The molecule has 2 atom stereocenters. The van der Waals surface area contributed by atoms with Crippen LogP contribution in [0.3, 0.4) is 0 Å². The average Bonchev–Trinajstić information content (AvgIpc) is 2.88. The highest BCUT2D eigenvalue weighted by atomic mass is 16.2. The maximum absolute atomic E-state index is 12.7. The van der Waals surface area contributed by atoms with Gasteiger partial charge in [-0.1, -0.05) is 36.4 Å². The first-order chi connectivity index (χ1) is 12.1. The Hall–Kier alpha value is -2.82. The normalized spacial score (nSPS) is 19.9. The predicted molar refractivity (Wildman–Crippen MR) is 99.1 cm³/mol. The number of nitrogen functional groups attached to an aromatic ring is 1. The van der Waals surface area contributed by atoms with Crippen LogP contribution in [0.5, 0.6) is 0 Å². The van der Waals surface area contributed by atoms with Gasteiger partial charge in [0, 0.05) is 23.8 Å². The van der Waals surface area contributed by atoms with Crippen LogP contribution in [0.25, 0.3) is 0 Å². The molecule has 0 radical (unpaired) electrons. The monoisotopic (exact) mass is 337 g/mol. The highest BCUT2D eigenvalue weighted by molar-refractivity contribution is 6.02. The molecule has 1 aliphatic rings. The minimum atomic E-state index is -0.462. The smallest absolute Gasteiger partial charge is 0.249 e. The SMILES string of the molecule is C[C@@H]1C[C@@H](NC(=O)CCc2ccccc2N)C(=O)N1c1ccccc1. The summed E-state index contributed by atoms with van der Waals surface area (Å²) in [7, 11) is 0. The van der Waals surface area contributed by atoms with Crippen molar-refractivity contribution in [3.63, 3.8) is 0 Å². The van der Waals surface area contributed by atoms with E-state index >= 15 is 0 Å². The van der Waals surface area contributed by atoms with E-state index < -0.39 is 6.04 Å². The zero-order chi connectivity index (χ0) is 17.8. The number of para-hydroxylation sites is 2. The van der Waals surface area contributed by atoms with E-state index in [0.717, 1.165) is 11.3 Å². The average molecular weight is 337 g/mol. The van der Waals surface area contributed by atoms with Gasteiger partial charge in [-0.2, -0.15) is 0 Å². The molecular formula is C20H23N3O2. The second kappa shape index (κ2) is 7.38. The molecule has 0 unspecified atom stereocenters. The van der Waals surface area contributed by atoms with Crippen molar-refractivity contribution in [2.24, 2.45) is 0 Å². The lowest BCUT2D eigenvalue weighted by Gasteiger charge is -2.21. The van der Waals surface area contributed by atoms with Crippen LogP contribution in [-0.2, 0) is 16.0 Å². The lowest BCUT2D eigenvalue weighted by molar-refractivity contribution is -0.126. The van der Waals surface area contributed by atoms with Crippen LogP contribution in [0.15, 0.2) is 54.6 Å². The number of benzene rings is 2. The second-order valence-corrected chi connectivity index (χ2v) is 6.45. The summed E-state index contributed by atoms with van der Waals surface area (Å²) in [5.41, 5.74) is 8.41. The third kappa shape index (κ3) is 3.82. The van der Waals surface area contributed by atoms with Crippen molar-refractivity contribution in [2.75, 3.05) is 10.6 Å². The first kappa shape index (κ1) is 17.0. The van der Waals surface area contributed by atoms with Crippen molar-refractivity contribution < 1.29 is 9.59 Å². The lowest BCUT2D eigenvalue weighted by atomic mass is 10.1. The van der Waals surface area contributed by atoms with Crippen LogP contribution < -0.4 is 16.0 Å². The Kier molecular flexibility index (Phi) is 5.03. The van der Waals surface area contributed by atoms with E-state index in [1.807, 2.05) is 61.5 Å². The van der Waals surface area contributed by atoms with E-state index in [1.54, 1.807) is 4.90 Å². The molecule has 1 aliphatic heterocycles. The number of hydrogen-bond donors (Lipinski definition) is 2. The lowest BCUT2D eigenvalue weighted by Crippen LogP contribution is -2.42. The Morgan fingerprint density at radius 1 is 1.16 bits per heavy atom. The molecule has 25 heavy (non-hydrogen) atoms. The number of carbonyl (C=O) groups excluding carboxylic acids is 2. The fraction of sp³-hybridized carbons (Fsp3) is 0.300. The Bertz CT molecular complexity index is 761. The fourth-order valence-corrected chi connectivity index (χ4v) is 3.30. The molecule has 2 aromatic rings. The number of nitrogens with zero attached hydrogens (tertiary/aromatic N) is 1. The summed E-state index contributed by atoms with van der Waals surface area (Å²) in [5, 5.41) is 2.88. The largest absolute Gasteiger partial charge is 0.399 e. The number of rotatable bonds is 5. The Labute approximate surface area is 147 Å². The van der Waals surface area contributed by atoms with Crippen molar-refractivity contribution in [3.8, 4) is 0 Å². The van der Waals surface area contributed by atoms with Crippen molar-refractivity contribution in [3.05, 3.63) is 60.2 Å². The molecule has 2 aromatic carbocycles. The molecule has 3 N–H and O–H groups in total. The van der Waals surface area contributed by atoms with Gasteiger partial charge in [0.25, 0.3) is 0 Å². The molecule has 0 aliphatic carbocycles. The summed E-state index contributed by atoms with van der Waals surface area (Å²) in [4.78, 5) is 26.7. The number of carbonyl (C=O) groups is 2. The first-order valence-electron chi connectivity index (χ1n) is 8.57. The van der Waals surface area contributed by atoms with Gasteiger partial charge in [-0.05, 0) is 43.5 Å². The molecule has 130 valence electrons. The topological polar surface area (TPSA) is 75.4 Å². The van der Waals surface area contributed by atoms with Crippen LogP contribution in [0, 0.1) is 0 Å². The highest BCUT2D eigenvalue weighted by Crippen LogP contribution is 2.26. The predicted octanol–water partition coefficient (Wildman–Crippen LogP) is 2.51. The van der Waals surface area contributed by atoms with Gasteiger partial charge < -0.3 is 16.0 Å². The van der Waals surface area contributed by atoms with E-state index in [2.05, 4.69) is 5.32 Å². The number of aryl methyl sites for hydroxylation is 1. The van der Waals surface area contributed by atoms with Gasteiger partial charge in [0.2, 0.25) is 11.8 Å². The van der Waals surface area contributed by atoms with Gasteiger partial charge in [0.15, 0.2) is 0 Å². The van der Waals surface area contributed by atoms with Crippen LogP contribution in [-0.4, -0.2) is 23.9 Å². The summed E-state index contributed by atoms with van der Waals surface area (Å²) >= 11 is 0. The zero-order valence-corrected chi connectivity index (χ0v) is 14.3. The van der Waals surface area contributed by atoms with Crippen molar-refractivity contribution in [2.45, 2.75) is 38.3 Å². The molecule has 0 saturated carbocycles. The molecular weight excluding hydrogens is 314 g/mol. The maximum atomic E-state index is 12.7. The van der Waals surface area contributed by atoms with E-state index in [4.69, 9.17) is 5.73 Å². The van der Waals surface area contributed by atoms with Gasteiger partial charge in [-0.25, -0.2) is 0 Å². The number of amides is 2. The summed E-state index contributed by atoms with van der Waals surface area (Å²) in [6.07, 6.45) is 1.50. The summed E-state index contributed by atoms with van der Waals surface area (Å²) in [6, 6.07) is 16.7. The molecule has 2 amide bonds. The minimum absolute atomic E-state index is 0.0497. The van der Waals surface area contributed by atoms with Crippen LogP contribution in [0.1, 0.15) is 25.3 Å². The summed E-state index contributed by atoms with van der Waals surface area (Å²) in [6.45, 7) is 2.00. The molecule has 1 saturated heterocycles. The van der Waals surface area contributed by atoms with Crippen LogP contribution in [0.4, 0.5) is 11.4 Å². The third-order valence-electron chi connectivity index (χ3n) is 4.60. The zero-order valence-electron chi connectivity index (χ0n) is 14.3. The van der Waals surface area contributed by atoms with E-state index in [9.17, 15) is 9.59 Å². The van der Waals surface area contributed by atoms with E-state index in [0.29, 0.717) is 24.9 Å². The number of hydrogen-bond acceptors (Lipinski definition) is 3. The minimum Gasteiger partial charge on any atom is -0.399 e. The fourth-order valence-electron chi connectivity index (χ4n) is 3.30. The van der Waals surface area contributed by atoms with Crippen LogP contribution >= 0.6 is 0 Å². The third-order valence-corrected chi connectivity index (χ3v) is 4.60. The van der Waals surface area contributed by atoms with E-state index in [-0.39, 0.29) is 17.9 Å². The highest BCUT2D eigenvalue weighted by Gasteiger charge is 2.38. The quantitative estimate of drug-likeness (QED) is 0.823. The molecule has 3 rings (SSSR count). The van der Waals surface area contributed by atoms with Gasteiger partial charge in [0.1, 0.15) is 6.04 Å². The van der Waals surface area contributed by atoms with Crippen molar-refractivity contribution in [1.29, 1.82) is 0 Å². The number of anilines is 2. The van der Waals surface area contributed by atoms with Gasteiger partial charge in [-0.15, -0.1) is 0 Å². The molecule has 0 aromatic heterocycles. The second-order valence-electron chi connectivity index (χ2n) is 6.45. The first-order valence-corrected chi connectivity index (χ1v) is 8.57. The molecule has 1 heterocycles. The Morgan fingerprint density at radius 3 is 2.56 bits per heavy atom.